The van der Waals surface area contributed by atoms with Gasteiger partial charge < -0.3 is 5.32 Å². The van der Waals surface area contributed by atoms with Gasteiger partial charge in [0.2, 0.25) is 5.78 Å². The number of carbonyl (C=O) groups excluding carboxylic acids is 2. The second-order valence-corrected chi connectivity index (χ2v) is 7.80. The van der Waals surface area contributed by atoms with Crippen LogP contribution in [0, 0.1) is 5.82 Å². The van der Waals surface area contributed by atoms with E-state index in [1.165, 1.54) is 17.4 Å². The van der Waals surface area contributed by atoms with Crippen LogP contribution in [0.2, 0.25) is 0 Å². The summed E-state index contributed by atoms with van der Waals surface area (Å²) in [6, 6.07) is 17.1. The third-order valence-electron chi connectivity index (χ3n) is 3.91. The van der Waals surface area contributed by atoms with Crippen molar-refractivity contribution in [3.63, 3.8) is 0 Å². The second-order valence-electron chi connectivity index (χ2n) is 5.75. The molecule has 1 N–H and O–H groups in total. The van der Waals surface area contributed by atoms with E-state index in [2.05, 4.69) is 5.32 Å². The van der Waals surface area contributed by atoms with Crippen molar-refractivity contribution in [2.75, 3.05) is 12.3 Å². The molecule has 1 heterocycles. The average Bonchev–Trinajstić information content (AvgIpc) is 3.23. The van der Waals surface area contributed by atoms with Gasteiger partial charge in [-0.05, 0) is 29.1 Å². The Kier molecular flexibility index (Phi) is 6.79. The molecule has 0 saturated heterocycles. The second kappa shape index (κ2) is 9.48. The number of halogens is 1. The fraction of sp³-hybridized carbons (Fsp3) is 0.143. The smallest absolute Gasteiger partial charge is 0.252 e. The first kappa shape index (κ1) is 19.3. The molecule has 0 radical (unpaired) electrons. The van der Waals surface area contributed by atoms with E-state index in [1.807, 2.05) is 17.5 Å². The molecule has 0 spiro atoms. The van der Waals surface area contributed by atoms with Gasteiger partial charge in [0.1, 0.15) is 5.82 Å². The zero-order valence-electron chi connectivity index (χ0n) is 14.5. The molecule has 3 nitrogen and oxygen atoms in total. The zero-order valence-corrected chi connectivity index (χ0v) is 16.1. The number of thioether (sulfide) groups is 1. The van der Waals surface area contributed by atoms with Crippen LogP contribution in [-0.2, 0) is 5.75 Å². The van der Waals surface area contributed by atoms with Gasteiger partial charge in [-0.2, -0.15) is 11.8 Å². The highest BCUT2D eigenvalue weighted by atomic mass is 32.2. The van der Waals surface area contributed by atoms with Gasteiger partial charge in [0.05, 0.1) is 10.4 Å². The lowest BCUT2D eigenvalue weighted by molar-refractivity contribution is 0.0945. The van der Waals surface area contributed by atoms with E-state index >= 15 is 0 Å². The number of amides is 1. The monoisotopic (exact) mass is 399 g/mol. The minimum Gasteiger partial charge on any atom is -0.351 e. The lowest BCUT2D eigenvalue weighted by Crippen LogP contribution is -2.27. The predicted molar refractivity (Wildman–Crippen MR) is 109 cm³/mol. The molecule has 6 heteroatoms. The van der Waals surface area contributed by atoms with Crippen LogP contribution in [0.15, 0.2) is 66.0 Å². The molecule has 0 unspecified atom stereocenters. The highest BCUT2D eigenvalue weighted by Crippen LogP contribution is 2.19. The highest BCUT2D eigenvalue weighted by molar-refractivity contribution is 7.98. The van der Waals surface area contributed by atoms with E-state index in [-0.39, 0.29) is 17.5 Å². The van der Waals surface area contributed by atoms with Crippen LogP contribution in [-0.4, -0.2) is 24.0 Å². The van der Waals surface area contributed by atoms with E-state index in [1.54, 1.807) is 54.2 Å². The molecule has 3 rings (SSSR count). The quantitative estimate of drug-likeness (QED) is 0.438. The van der Waals surface area contributed by atoms with Crippen LogP contribution in [0.4, 0.5) is 4.39 Å². The Labute approximate surface area is 165 Å². The standard InChI is InChI=1S/C21H18FNO2S2/c22-18-9-4-1-6-15(18)14-26-13-11-23-21(25)17-8-3-2-7-16(17)20(24)19-10-5-12-27-19/h1-10,12H,11,13-14H2,(H,23,25). The molecule has 0 aliphatic rings. The number of nitrogens with one attached hydrogen (secondary N) is 1. The van der Waals surface area contributed by atoms with Crippen molar-refractivity contribution in [2.45, 2.75) is 5.75 Å². The number of thiophene rings is 1. The maximum atomic E-state index is 13.6. The van der Waals surface area contributed by atoms with Gasteiger partial charge >= 0.3 is 0 Å². The van der Waals surface area contributed by atoms with Crippen molar-refractivity contribution in [3.05, 3.63) is 93.4 Å². The Hall–Kier alpha value is -2.44. The third kappa shape index (κ3) is 5.05. The Morgan fingerprint density at radius 2 is 1.70 bits per heavy atom. The molecule has 3 aromatic rings. The fourth-order valence-corrected chi connectivity index (χ4v) is 4.07. The van der Waals surface area contributed by atoms with E-state index in [4.69, 9.17) is 0 Å². The van der Waals surface area contributed by atoms with Crippen LogP contribution in [0.25, 0.3) is 0 Å². The summed E-state index contributed by atoms with van der Waals surface area (Å²) in [5, 5.41) is 4.67. The van der Waals surface area contributed by atoms with Gasteiger partial charge in [-0.25, -0.2) is 4.39 Å². The number of benzene rings is 2. The summed E-state index contributed by atoms with van der Waals surface area (Å²) >= 11 is 2.90. The van der Waals surface area contributed by atoms with E-state index in [0.717, 1.165) is 0 Å². The third-order valence-corrected chi connectivity index (χ3v) is 5.79. The summed E-state index contributed by atoms with van der Waals surface area (Å²) < 4.78 is 13.6. The number of carbonyl (C=O) groups is 2. The van der Waals surface area contributed by atoms with Crippen molar-refractivity contribution in [3.8, 4) is 0 Å². The van der Waals surface area contributed by atoms with Crippen molar-refractivity contribution in [1.29, 1.82) is 0 Å². The normalized spacial score (nSPS) is 10.6. The fourth-order valence-electron chi connectivity index (χ4n) is 2.55. The van der Waals surface area contributed by atoms with E-state index in [0.29, 0.717) is 39.6 Å². The van der Waals surface area contributed by atoms with Crippen molar-refractivity contribution < 1.29 is 14.0 Å². The molecule has 1 aromatic heterocycles. The molecule has 0 aliphatic heterocycles. The van der Waals surface area contributed by atoms with Gasteiger partial charge in [0, 0.05) is 23.6 Å². The topological polar surface area (TPSA) is 46.2 Å². The van der Waals surface area contributed by atoms with Crippen LogP contribution in [0.1, 0.15) is 31.2 Å². The summed E-state index contributed by atoms with van der Waals surface area (Å²) in [7, 11) is 0. The zero-order chi connectivity index (χ0) is 19.1. The highest BCUT2D eigenvalue weighted by Gasteiger charge is 2.18. The van der Waals surface area contributed by atoms with Gasteiger partial charge in [0.15, 0.2) is 0 Å². The van der Waals surface area contributed by atoms with Crippen LogP contribution in [0.5, 0.6) is 0 Å². The molecule has 27 heavy (non-hydrogen) atoms. The minimum atomic E-state index is -0.276. The van der Waals surface area contributed by atoms with Gasteiger partial charge in [-0.1, -0.05) is 42.5 Å². The SMILES string of the molecule is O=C(NCCSCc1ccccc1F)c1ccccc1C(=O)c1cccs1. The Morgan fingerprint density at radius 1 is 0.963 bits per heavy atom. The van der Waals surface area contributed by atoms with Crippen LogP contribution >= 0.6 is 23.1 Å². The Balaban J connectivity index is 1.54. The molecule has 0 atom stereocenters. The predicted octanol–water partition coefficient (Wildman–Crippen LogP) is 4.78. The molecule has 138 valence electrons. The summed E-state index contributed by atoms with van der Waals surface area (Å²) in [6.45, 7) is 0.444. The van der Waals surface area contributed by atoms with Gasteiger partial charge in [-0.3, -0.25) is 9.59 Å². The molecule has 0 bridgehead atoms. The summed E-state index contributed by atoms with van der Waals surface area (Å²) in [5.74, 6) is 0.568. The lowest BCUT2D eigenvalue weighted by atomic mass is 10.0. The lowest BCUT2D eigenvalue weighted by Gasteiger charge is -2.09. The molecular formula is C21H18FNO2S2. The molecule has 2 aromatic carbocycles. The van der Waals surface area contributed by atoms with Crippen molar-refractivity contribution >= 4 is 34.8 Å². The molecular weight excluding hydrogens is 381 g/mol. The average molecular weight is 400 g/mol. The van der Waals surface area contributed by atoms with Crippen molar-refractivity contribution in [1.82, 2.24) is 5.32 Å². The largest absolute Gasteiger partial charge is 0.351 e. The van der Waals surface area contributed by atoms with E-state index < -0.39 is 0 Å². The molecule has 0 saturated carbocycles. The van der Waals surface area contributed by atoms with Gasteiger partial charge in [0.25, 0.3) is 5.91 Å². The van der Waals surface area contributed by atoms with Crippen molar-refractivity contribution in [2.24, 2.45) is 0 Å². The maximum Gasteiger partial charge on any atom is 0.252 e. The summed E-state index contributed by atoms with van der Waals surface area (Å²) in [6.07, 6.45) is 0. The molecule has 0 fully saturated rings. The van der Waals surface area contributed by atoms with Crippen LogP contribution in [0.3, 0.4) is 0 Å². The minimum absolute atomic E-state index is 0.148. The molecule has 1 amide bonds. The number of rotatable bonds is 8. The number of ketones is 1. The number of hydrogen-bond acceptors (Lipinski definition) is 4. The molecule has 0 aliphatic carbocycles. The summed E-state index contributed by atoms with van der Waals surface area (Å²) in [5.41, 5.74) is 1.42. The van der Waals surface area contributed by atoms with Crippen LogP contribution < -0.4 is 5.32 Å². The maximum absolute atomic E-state index is 13.6. The van der Waals surface area contributed by atoms with Gasteiger partial charge in [-0.15, -0.1) is 11.3 Å². The number of hydrogen-bond donors (Lipinski definition) is 1. The summed E-state index contributed by atoms with van der Waals surface area (Å²) in [4.78, 5) is 25.7. The first-order valence-electron chi connectivity index (χ1n) is 8.43. The first-order chi connectivity index (χ1) is 13.2. The van der Waals surface area contributed by atoms with E-state index in [9.17, 15) is 14.0 Å². The Bertz CT molecular complexity index is 925. The Morgan fingerprint density at radius 3 is 2.44 bits per heavy atom. The first-order valence-corrected chi connectivity index (χ1v) is 10.5.